The lowest BCUT2D eigenvalue weighted by molar-refractivity contribution is -0.122. The molecule has 2 atom stereocenters. The predicted molar refractivity (Wildman–Crippen MR) is 64.1 cm³/mol. The second-order valence-electron chi connectivity index (χ2n) is 4.41. The van der Waals surface area contributed by atoms with Gasteiger partial charge in [-0.05, 0) is 19.8 Å². The molecule has 0 heterocycles. The summed E-state index contributed by atoms with van der Waals surface area (Å²) in [6, 6.07) is 0.150. The molecule has 4 nitrogen and oxygen atoms in total. The SMILES string of the molecule is CCNC(=O)CCOC1CCCCCC1N. The maximum absolute atomic E-state index is 11.2. The number of nitrogens with two attached hydrogens (primary N) is 1. The molecule has 1 rings (SSSR count). The lowest BCUT2D eigenvalue weighted by Gasteiger charge is -2.21. The van der Waals surface area contributed by atoms with Gasteiger partial charge < -0.3 is 15.8 Å². The van der Waals surface area contributed by atoms with E-state index in [-0.39, 0.29) is 18.1 Å². The van der Waals surface area contributed by atoms with Crippen LogP contribution in [0.3, 0.4) is 0 Å². The minimum atomic E-state index is 0.0599. The zero-order valence-electron chi connectivity index (χ0n) is 10.2. The number of nitrogens with one attached hydrogen (secondary N) is 1. The van der Waals surface area contributed by atoms with Crippen molar-refractivity contribution in [3.05, 3.63) is 0 Å². The monoisotopic (exact) mass is 228 g/mol. The van der Waals surface area contributed by atoms with Gasteiger partial charge in [-0.1, -0.05) is 19.3 Å². The van der Waals surface area contributed by atoms with Gasteiger partial charge >= 0.3 is 0 Å². The van der Waals surface area contributed by atoms with E-state index < -0.39 is 0 Å². The first kappa shape index (κ1) is 13.5. The van der Waals surface area contributed by atoms with Crippen LogP contribution in [0.1, 0.15) is 45.4 Å². The van der Waals surface area contributed by atoms with Gasteiger partial charge in [0.25, 0.3) is 0 Å². The Morgan fingerprint density at radius 2 is 2.12 bits per heavy atom. The van der Waals surface area contributed by atoms with Gasteiger partial charge in [0.15, 0.2) is 0 Å². The van der Waals surface area contributed by atoms with Crippen molar-refractivity contribution in [1.82, 2.24) is 5.32 Å². The van der Waals surface area contributed by atoms with E-state index in [1.807, 2.05) is 6.92 Å². The summed E-state index contributed by atoms with van der Waals surface area (Å²) in [7, 11) is 0. The molecule has 0 aromatic rings. The van der Waals surface area contributed by atoms with Crippen molar-refractivity contribution < 1.29 is 9.53 Å². The van der Waals surface area contributed by atoms with Gasteiger partial charge in [0.05, 0.1) is 12.7 Å². The molecule has 2 unspecified atom stereocenters. The summed E-state index contributed by atoms with van der Waals surface area (Å²) in [4.78, 5) is 11.2. The lowest BCUT2D eigenvalue weighted by Crippen LogP contribution is -2.36. The van der Waals surface area contributed by atoms with Gasteiger partial charge in [0, 0.05) is 19.0 Å². The lowest BCUT2D eigenvalue weighted by atomic mass is 10.1. The number of carbonyl (C=O) groups is 1. The molecule has 1 aliphatic carbocycles. The highest BCUT2D eigenvalue weighted by molar-refractivity contribution is 5.75. The Morgan fingerprint density at radius 1 is 1.38 bits per heavy atom. The molecule has 1 saturated carbocycles. The summed E-state index contributed by atoms with van der Waals surface area (Å²) in [5, 5.41) is 2.76. The molecule has 0 aromatic heterocycles. The van der Waals surface area contributed by atoms with E-state index in [2.05, 4.69) is 5.32 Å². The van der Waals surface area contributed by atoms with Gasteiger partial charge in [0.2, 0.25) is 5.91 Å². The average molecular weight is 228 g/mol. The number of rotatable bonds is 5. The van der Waals surface area contributed by atoms with Crippen molar-refractivity contribution in [3.63, 3.8) is 0 Å². The largest absolute Gasteiger partial charge is 0.376 e. The molecule has 0 aliphatic heterocycles. The number of ether oxygens (including phenoxy) is 1. The Bertz CT molecular complexity index is 209. The van der Waals surface area contributed by atoms with Crippen LogP contribution in [0.2, 0.25) is 0 Å². The normalized spacial score (nSPS) is 26.1. The average Bonchev–Trinajstić information content (AvgIpc) is 2.45. The standard InChI is InChI=1S/C12H24N2O2/c1-2-14-12(15)8-9-16-11-7-5-3-4-6-10(11)13/h10-11H,2-9,13H2,1H3,(H,14,15). The molecular formula is C12H24N2O2. The van der Waals surface area contributed by atoms with E-state index >= 15 is 0 Å². The van der Waals surface area contributed by atoms with Crippen LogP contribution in [-0.4, -0.2) is 31.2 Å². The fraction of sp³-hybridized carbons (Fsp3) is 0.917. The molecule has 1 aliphatic rings. The van der Waals surface area contributed by atoms with Crippen LogP contribution in [0.5, 0.6) is 0 Å². The van der Waals surface area contributed by atoms with E-state index in [4.69, 9.17) is 10.5 Å². The van der Waals surface area contributed by atoms with Crippen LogP contribution in [0.25, 0.3) is 0 Å². The molecule has 1 fully saturated rings. The van der Waals surface area contributed by atoms with Crippen LogP contribution < -0.4 is 11.1 Å². The van der Waals surface area contributed by atoms with E-state index in [0.29, 0.717) is 19.6 Å². The second-order valence-corrected chi connectivity index (χ2v) is 4.41. The van der Waals surface area contributed by atoms with Crippen LogP contribution in [0.15, 0.2) is 0 Å². The van der Waals surface area contributed by atoms with Crippen molar-refractivity contribution in [3.8, 4) is 0 Å². The minimum Gasteiger partial charge on any atom is -0.376 e. The van der Waals surface area contributed by atoms with Gasteiger partial charge in [-0.15, -0.1) is 0 Å². The maximum atomic E-state index is 11.2. The summed E-state index contributed by atoms with van der Waals surface area (Å²) in [6.07, 6.45) is 6.33. The maximum Gasteiger partial charge on any atom is 0.222 e. The molecule has 1 amide bonds. The fourth-order valence-electron chi connectivity index (χ4n) is 2.10. The molecule has 0 radical (unpaired) electrons. The van der Waals surface area contributed by atoms with Crippen LogP contribution in [0.4, 0.5) is 0 Å². The Hall–Kier alpha value is -0.610. The van der Waals surface area contributed by atoms with Crippen molar-refractivity contribution in [2.75, 3.05) is 13.2 Å². The molecule has 0 bridgehead atoms. The third kappa shape index (κ3) is 4.94. The van der Waals surface area contributed by atoms with Crippen molar-refractivity contribution in [2.45, 2.75) is 57.6 Å². The van der Waals surface area contributed by atoms with Gasteiger partial charge in [-0.25, -0.2) is 0 Å². The molecule has 16 heavy (non-hydrogen) atoms. The first-order valence-corrected chi connectivity index (χ1v) is 6.38. The topological polar surface area (TPSA) is 64.3 Å². The molecule has 0 spiro atoms. The van der Waals surface area contributed by atoms with E-state index in [0.717, 1.165) is 12.8 Å². The number of hydrogen-bond donors (Lipinski definition) is 2. The Balaban J connectivity index is 2.17. The van der Waals surface area contributed by atoms with Crippen LogP contribution in [-0.2, 0) is 9.53 Å². The zero-order chi connectivity index (χ0) is 11.8. The highest BCUT2D eigenvalue weighted by Crippen LogP contribution is 2.19. The summed E-state index contributed by atoms with van der Waals surface area (Å²) >= 11 is 0. The fourth-order valence-corrected chi connectivity index (χ4v) is 2.10. The number of carbonyl (C=O) groups excluding carboxylic acids is 1. The number of amides is 1. The zero-order valence-corrected chi connectivity index (χ0v) is 10.2. The van der Waals surface area contributed by atoms with E-state index in [1.54, 1.807) is 0 Å². The molecule has 0 aromatic carbocycles. The van der Waals surface area contributed by atoms with Crippen LogP contribution in [0, 0.1) is 0 Å². The number of hydrogen-bond acceptors (Lipinski definition) is 3. The highest BCUT2D eigenvalue weighted by atomic mass is 16.5. The summed E-state index contributed by atoms with van der Waals surface area (Å²) < 4.78 is 5.71. The quantitative estimate of drug-likeness (QED) is 0.695. The smallest absolute Gasteiger partial charge is 0.222 e. The van der Waals surface area contributed by atoms with Crippen LogP contribution >= 0.6 is 0 Å². The van der Waals surface area contributed by atoms with E-state index in [9.17, 15) is 4.79 Å². The minimum absolute atomic E-state index is 0.0599. The molecule has 0 saturated heterocycles. The van der Waals surface area contributed by atoms with E-state index in [1.165, 1.54) is 19.3 Å². The Labute approximate surface area is 97.9 Å². The molecular weight excluding hydrogens is 204 g/mol. The molecule has 4 heteroatoms. The van der Waals surface area contributed by atoms with Gasteiger partial charge in [-0.2, -0.15) is 0 Å². The third-order valence-electron chi connectivity index (χ3n) is 3.04. The highest BCUT2D eigenvalue weighted by Gasteiger charge is 2.20. The van der Waals surface area contributed by atoms with Crippen molar-refractivity contribution >= 4 is 5.91 Å². The third-order valence-corrected chi connectivity index (χ3v) is 3.04. The Morgan fingerprint density at radius 3 is 2.88 bits per heavy atom. The van der Waals surface area contributed by atoms with Crippen molar-refractivity contribution in [1.29, 1.82) is 0 Å². The van der Waals surface area contributed by atoms with Crippen molar-refractivity contribution in [2.24, 2.45) is 5.73 Å². The molecule has 3 N–H and O–H groups in total. The predicted octanol–water partition coefficient (Wildman–Crippen LogP) is 1.19. The molecule has 94 valence electrons. The van der Waals surface area contributed by atoms with Gasteiger partial charge in [0.1, 0.15) is 0 Å². The summed E-state index contributed by atoms with van der Waals surface area (Å²) in [6.45, 7) is 3.09. The Kier molecular flexibility index (Phi) is 6.42. The summed E-state index contributed by atoms with van der Waals surface area (Å²) in [5.41, 5.74) is 6.03. The summed E-state index contributed by atoms with van der Waals surface area (Å²) in [5.74, 6) is 0.0599. The first-order valence-electron chi connectivity index (χ1n) is 6.38. The van der Waals surface area contributed by atoms with Gasteiger partial charge in [-0.3, -0.25) is 4.79 Å². The second kappa shape index (κ2) is 7.63. The first-order chi connectivity index (χ1) is 7.74.